The molecule has 4 aromatic rings. The molecular formula is C42H56N6O8S2. The van der Waals surface area contributed by atoms with Crippen LogP contribution < -0.4 is 20.1 Å². The first-order chi connectivity index (χ1) is 27.5. The Hall–Kier alpha value is -4.58. The quantitative estimate of drug-likeness (QED) is 0.0641. The highest BCUT2D eigenvalue weighted by Gasteiger charge is 2.38. The molecule has 0 radical (unpaired) electrons. The van der Waals surface area contributed by atoms with Crippen molar-refractivity contribution < 1.29 is 36.6 Å². The molecule has 0 spiro atoms. The Bertz CT molecular complexity index is 1930. The van der Waals surface area contributed by atoms with Crippen LogP contribution in [0.2, 0.25) is 0 Å². The van der Waals surface area contributed by atoms with Gasteiger partial charge in [0.1, 0.15) is 24.3 Å². The van der Waals surface area contributed by atoms with Gasteiger partial charge < -0.3 is 20.8 Å². The maximum atomic E-state index is 14.0. The van der Waals surface area contributed by atoms with E-state index in [1.807, 2.05) is 12.1 Å². The Morgan fingerprint density at radius 2 is 0.862 bits per heavy atom. The number of rotatable bonds is 23. The number of aliphatic hydroxyl groups is 2. The zero-order chi connectivity index (χ0) is 42.3. The van der Waals surface area contributed by atoms with Gasteiger partial charge in [0.05, 0.1) is 23.6 Å². The third kappa shape index (κ3) is 15.0. The molecular weight excluding hydrogens is 781 g/mol. The van der Waals surface area contributed by atoms with E-state index in [0.717, 1.165) is 11.1 Å². The zero-order valence-electron chi connectivity index (χ0n) is 33.3. The van der Waals surface area contributed by atoms with Crippen molar-refractivity contribution in [3.63, 3.8) is 0 Å². The summed E-state index contributed by atoms with van der Waals surface area (Å²) >= 11 is 0. The lowest BCUT2D eigenvalue weighted by Gasteiger charge is -2.35. The first-order valence-electron chi connectivity index (χ1n) is 19.4. The minimum absolute atomic E-state index is 0.0440. The summed E-state index contributed by atoms with van der Waals surface area (Å²) in [7, 11) is -7.90. The number of nitrogens with one attached hydrogen (secondary N) is 4. The molecule has 16 heteroatoms. The van der Waals surface area contributed by atoms with Crippen molar-refractivity contribution in [1.82, 2.24) is 30.0 Å². The molecule has 58 heavy (non-hydrogen) atoms. The van der Waals surface area contributed by atoms with E-state index in [1.165, 1.54) is 0 Å². The summed E-state index contributed by atoms with van der Waals surface area (Å²) in [6.07, 6.45) is 3.38. The van der Waals surface area contributed by atoms with Gasteiger partial charge in [0.15, 0.2) is 0 Å². The number of benzene rings is 2. The second kappa shape index (κ2) is 22.0. The fourth-order valence-corrected chi connectivity index (χ4v) is 9.14. The van der Waals surface area contributed by atoms with Crippen molar-refractivity contribution in [2.75, 3.05) is 11.5 Å². The van der Waals surface area contributed by atoms with E-state index >= 15 is 0 Å². The van der Waals surface area contributed by atoms with Gasteiger partial charge in [-0.2, -0.15) is 0 Å². The lowest BCUT2D eigenvalue weighted by atomic mass is 9.90. The summed E-state index contributed by atoms with van der Waals surface area (Å²) < 4.78 is 57.9. The Kier molecular flexibility index (Phi) is 17.5. The van der Waals surface area contributed by atoms with Gasteiger partial charge in [0.25, 0.3) is 0 Å². The first kappa shape index (κ1) is 46.1. The average Bonchev–Trinajstić information content (AvgIpc) is 3.21. The number of carbonyl (C=O) groups excluding carboxylic acids is 2. The summed E-state index contributed by atoms with van der Waals surface area (Å²) in [5, 5.41) is 29.5. The molecule has 4 rings (SSSR count). The van der Waals surface area contributed by atoms with Crippen LogP contribution in [0, 0.1) is 11.8 Å². The van der Waals surface area contributed by atoms with Crippen LogP contribution in [0.25, 0.3) is 0 Å². The number of aliphatic hydroxyl groups excluding tert-OH is 2. The third-order valence-electron chi connectivity index (χ3n) is 9.76. The SMILES string of the molecule is CC(C)[C@H](NS(=O)(=O)CCc1ccncc1)C(=O)N[C@@H](Cc1ccccc1)[C@@H](O)[C@H](O)[C@H](Cc1ccccc1)NC(=O)[C@@H](NS(=O)(=O)CCc1ccncc1)C(C)C. The van der Waals surface area contributed by atoms with Crippen LogP contribution in [0.1, 0.15) is 49.9 Å². The van der Waals surface area contributed by atoms with Gasteiger partial charge in [-0.15, -0.1) is 0 Å². The summed E-state index contributed by atoms with van der Waals surface area (Å²) in [6, 6.07) is 20.0. The number of nitrogens with zero attached hydrogens (tertiary/aromatic N) is 2. The van der Waals surface area contributed by atoms with Crippen LogP contribution in [0.3, 0.4) is 0 Å². The molecule has 0 bridgehead atoms. The van der Waals surface area contributed by atoms with E-state index in [2.05, 4.69) is 30.0 Å². The number of carbonyl (C=O) groups is 2. The van der Waals surface area contributed by atoms with Gasteiger partial charge in [-0.25, -0.2) is 26.3 Å². The molecule has 314 valence electrons. The summed E-state index contributed by atoms with van der Waals surface area (Å²) in [6.45, 7) is 6.77. The monoisotopic (exact) mass is 836 g/mol. The van der Waals surface area contributed by atoms with Crippen LogP contribution in [0.5, 0.6) is 0 Å². The number of pyridine rings is 2. The van der Waals surface area contributed by atoms with E-state index in [4.69, 9.17) is 0 Å². The Morgan fingerprint density at radius 1 is 0.534 bits per heavy atom. The minimum Gasteiger partial charge on any atom is -0.388 e. The van der Waals surface area contributed by atoms with Crippen LogP contribution in [0.4, 0.5) is 0 Å². The highest BCUT2D eigenvalue weighted by Crippen LogP contribution is 2.17. The molecule has 0 aliphatic heterocycles. The third-order valence-corrected chi connectivity index (χ3v) is 12.5. The maximum absolute atomic E-state index is 14.0. The molecule has 0 unspecified atom stereocenters. The standard InChI is InChI=1S/C42H56N6O8S2/c1-29(2)37(47-57(53,54)25-19-31-15-21-43-22-16-31)41(51)45-35(27-33-11-7-5-8-12-33)39(49)40(50)36(28-34-13-9-6-10-14-34)46-42(52)38(30(3)4)48-58(55,56)26-20-32-17-23-44-24-18-32/h5-18,21-24,29-30,35-40,47-50H,19-20,25-28H2,1-4H3,(H,45,51)(H,46,52)/t35-,36-,37-,38-,39+,40+/m0/s1. The van der Waals surface area contributed by atoms with Gasteiger partial charge >= 0.3 is 0 Å². The van der Waals surface area contributed by atoms with Gasteiger partial charge in [0, 0.05) is 24.8 Å². The van der Waals surface area contributed by atoms with Gasteiger partial charge in [-0.05, 0) is 84.0 Å². The molecule has 14 nitrogen and oxygen atoms in total. The number of amides is 2. The Labute approximate surface area is 342 Å². The van der Waals surface area contributed by atoms with Gasteiger partial charge in [-0.3, -0.25) is 19.6 Å². The second-order valence-corrected chi connectivity index (χ2v) is 18.9. The molecule has 2 aromatic carbocycles. The van der Waals surface area contributed by atoms with E-state index in [-0.39, 0.29) is 37.2 Å². The topological polar surface area (TPSA) is 217 Å². The summed E-state index contributed by atoms with van der Waals surface area (Å²) in [4.78, 5) is 35.8. The smallest absolute Gasteiger partial charge is 0.238 e. The van der Waals surface area contributed by atoms with Crippen LogP contribution in [-0.4, -0.2) is 96.7 Å². The molecule has 2 heterocycles. The molecule has 6 atom stereocenters. The van der Waals surface area contributed by atoms with Crippen molar-refractivity contribution in [1.29, 1.82) is 0 Å². The predicted octanol–water partition coefficient (Wildman–Crippen LogP) is 2.33. The first-order valence-corrected chi connectivity index (χ1v) is 22.7. The lowest BCUT2D eigenvalue weighted by molar-refractivity contribution is -0.129. The van der Waals surface area contributed by atoms with Crippen molar-refractivity contribution in [2.24, 2.45) is 11.8 Å². The normalized spacial score (nSPS) is 15.2. The molecule has 0 aliphatic rings. The molecule has 0 aliphatic carbocycles. The Morgan fingerprint density at radius 3 is 1.17 bits per heavy atom. The second-order valence-electron chi connectivity index (χ2n) is 15.1. The van der Waals surface area contributed by atoms with Crippen LogP contribution in [-0.2, 0) is 55.3 Å². The van der Waals surface area contributed by atoms with Crippen LogP contribution in [0.15, 0.2) is 110 Å². The van der Waals surface area contributed by atoms with Gasteiger partial charge in [-0.1, -0.05) is 88.4 Å². The van der Waals surface area contributed by atoms with Crippen molar-refractivity contribution in [2.45, 2.75) is 89.8 Å². The lowest BCUT2D eigenvalue weighted by Crippen LogP contribution is -2.61. The predicted molar refractivity (Wildman–Crippen MR) is 223 cm³/mol. The van der Waals surface area contributed by atoms with Crippen molar-refractivity contribution >= 4 is 31.9 Å². The molecule has 2 amide bonds. The fraction of sp³-hybridized carbons (Fsp3) is 0.429. The average molecular weight is 837 g/mol. The molecule has 0 saturated heterocycles. The molecule has 0 fully saturated rings. The number of aryl methyl sites for hydroxylation is 2. The Balaban J connectivity index is 1.57. The van der Waals surface area contributed by atoms with Gasteiger partial charge in [0.2, 0.25) is 31.9 Å². The molecule has 2 aromatic heterocycles. The largest absolute Gasteiger partial charge is 0.388 e. The maximum Gasteiger partial charge on any atom is 0.238 e. The van der Waals surface area contributed by atoms with E-state index in [1.54, 1.807) is 125 Å². The van der Waals surface area contributed by atoms with Crippen molar-refractivity contribution in [3.8, 4) is 0 Å². The summed E-state index contributed by atoms with van der Waals surface area (Å²) in [5.41, 5.74) is 2.95. The summed E-state index contributed by atoms with van der Waals surface area (Å²) in [5.74, 6) is -2.97. The highest BCUT2D eigenvalue weighted by atomic mass is 32.2. The minimum atomic E-state index is -3.95. The number of hydrogen-bond donors (Lipinski definition) is 6. The molecule has 6 N–H and O–H groups in total. The van der Waals surface area contributed by atoms with Crippen molar-refractivity contribution in [3.05, 3.63) is 132 Å². The highest BCUT2D eigenvalue weighted by molar-refractivity contribution is 7.89. The van der Waals surface area contributed by atoms with E-state index < -0.39 is 80.1 Å². The zero-order valence-corrected chi connectivity index (χ0v) is 34.9. The fourth-order valence-electron chi connectivity index (χ4n) is 6.36. The number of aromatic nitrogens is 2. The van der Waals surface area contributed by atoms with Crippen LogP contribution >= 0.6 is 0 Å². The number of hydrogen-bond acceptors (Lipinski definition) is 10. The van der Waals surface area contributed by atoms with E-state index in [0.29, 0.717) is 11.1 Å². The molecule has 0 saturated carbocycles. The number of sulfonamides is 2. The van der Waals surface area contributed by atoms with E-state index in [9.17, 15) is 36.6 Å².